The lowest BCUT2D eigenvalue weighted by Crippen LogP contribution is -2.59. The van der Waals surface area contributed by atoms with Gasteiger partial charge in [-0.05, 0) is 59.2 Å². The van der Waals surface area contributed by atoms with E-state index in [0.29, 0.717) is 18.8 Å². The summed E-state index contributed by atoms with van der Waals surface area (Å²) in [6.07, 6.45) is -0.554. The van der Waals surface area contributed by atoms with E-state index in [4.69, 9.17) is 4.74 Å². The van der Waals surface area contributed by atoms with Gasteiger partial charge in [0.1, 0.15) is 23.4 Å². The summed E-state index contributed by atoms with van der Waals surface area (Å²) in [5.41, 5.74) is 0.607. The quantitative estimate of drug-likeness (QED) is 0.177. The van der Waals surface area contributed by atoms with Gasteiger partial charge < -0.3 is 25.8 Å². The number of carbonyl (C=O) groups excluding carboxylic acids is 2. The average Bonchev–Trinajstić information content (AvgIpc) is 3.52. The summed E-state index contributed by atoms with van der Waals surface area (Å²) >= 11 is 0. The van der Waals surface area contributed by atoms with Crippen LogP contribution in [0.2, 0.25) is 0 Å². The Kier molecular flexibility index (Phi) is 13.1. The van der Waals surface area contributed by atoms with Crippen LogP contribution in [0, 0.1) is 23.0 Å². The van der Waals surface area contributed by atoms with Crippen molar-refractivity contribution in [3.05, 3.63) is 95.1 Å². The first kappa shape index (κ1) is 38.9. The minimum absolute atomic E-state index is 0.0686. The van der Waals surface area contributed by atoms with Gasteiger partial charge in [0.2, 0.25) is 21.8 Å². The van der Waals surface area contributed by atoms with Gasteiger partial charge in [-0.15, -0.1) is 0 Å². The number of aliphatic hydroxyl groups is 1. The van der Waals surface area contributed by atoms with Crippen LogP contribution in [0.5, 0.6) is 5.75 Å². The molecule has 0 radical (unpaired) electrons. The highest BCUT2D eigenvalue weighted by atomic mass is 32.2. The van der Waals surface area contributed by atoms with Crippen LogP contribution in [0.4, 0.5) is 8.78 Å². The summed E-state index contributed by atoms with van der Waals surface area (Å²) in [4.78, 5) is 27.0. The van der Waals surface area contributed by atoms with Crippen molar-refractivity contribution in [1.82, 2.24) is 20.3 Å². The zero-order valence-corrected chi connectivity index (χ0v) is 30.0. The molecule has 0 saturated heterocycles. The lowest BCUT2D eigenvalue weighted by molar-refractivity contribution is -0.132. The molecule has 0 fully saturated rings. The number of ether oxygens (including phenoxy) is 1. The van der Waals surface area contributed by atoms with E-state index in [9.17, 15) is 31.9 Å². The van der Waals surface area contributed by atoms with Crippen molar-refractivity contribution < 1.29 is 36.6 Å². The number of carbonyl (C=O) groups is 2. The van der Waals surface area contributed by atoms with Gasteiger partial charge in [0.25, 0.3) is 0 Å². The second-order valence-electron chi connectivity index (χ2n) is 14.1. The SMILES string of the molecule is CC(C)CN(C[C@@H](O)C(Cc1ccccc1)NC(=O)[C@@H](NC(=O)CNCc1c(F)cccc1F)C(C)(C)C)S(=O)(=O)c1ccc2c(c1)CCO2. The van der Waals surface area contributed by atoms with Crippen LogP contribution in [0.15, 0.2) is 71.6 Å². The lowest BCUT2D eigenvalue weighted by atomic mass is 9.85. The molecule has 1 aliphatic rings. The molecule has 4 N–H and O–H groups in total. The average molecular weight is 715 g/mol. The molecule has 272 valence electrons. The number of fused-ring (bicyclic) bond motifs is 1. The van der Waals surface area contributed by atoms with Crippen molar-refractivity contribution in [1.29, 1.82) is 0 Å². The molecule has 13 heteroatoms. The van der Waals surface area contributed by atoms with Crippen molar-refractivity contribution in [3.63, 3.8) is 0 Å². The van der Waals surface area contributed by atoms with E-state index in [1.54, 1.807) is 32.9 Å². The van der Waals surface area contributed by atoms with Gasteiger partial charge in [-0.1, -0.05) is 71.0 Å². The van der Waals surface area contributed by atoms with Gasteiger partial charge in [0.15, 0.2) is 0 Å². The molecule has 0 aromatic heterocycles. The first-order valence-corrected chi connectivity index (χ1v) is 18.2. The molecule has 0 aliphatic carbocycles. The molecule has 3 aromatic carbocycles. The summed E-state index contributed by atoms with van der Waals surface area (Å²) in [5.74, 6) is -2.06. The lowest BCUT2D eigenvalue weighted by Gasteiger charge is -2.34. The van der Waals surface area contributed by atoms with Crippen molar-refractivity contribution in [2.75, 3.05) is 26.2 Å². The van der Waals surface area contributed by atoms with Crippen molar-refractivity contribution >= 4 is 21.8 Å². The third-order valence-corrected chi connectivity index (χ3v) is 10.3. The van der Waals surface area contributed by atoms with Crippen molar-refractivity contribution in [2.45, 2.75) is 77.1 Å². The fourth-order valence-electron chi connectivity index (χ4n) is 5.79. The number of sulfonamides is 1. The Morgan fingerprint density at radius 1 is 0.960 bits per heavy atom. The molecular formula is C37H48F2N4O6S. The first-order chi connectivity index (χ1) is 23.6. The number of rotatable bonds is 16. The molecule has 10 nitrogen and oxygen atoms in total. The standard InChI is InChI=1S/C37H48F2N4O6S/c1-24(2)22-43(50(47,48)27-14-15-33-26(19-27)16-17-49-33)23-32(44)31(18-25-10-7-6-8-11-25)41-36(46)35(37(3,4)5)42-34(45)21-40-20-28-29(38)12-9-13-30(28)39/h6-15,19,24,31-32,35,40,44H,16-18,20-23H2,1-5H3,(H,41,46)(H,42,45)/t31?,32-,35-/m1/s1. The second-order valence-corrected chi connectivity index (χ2v) is 16.1. The monoisotopic (exact) mass is 714 g/mol. The maximum atomic E-state index is 14.0. The van der Waals surface area contributed by atoms with Gasteiger partial charge in [-0.2, -0.15) is 4.31 Å². The molecule has 3 atom stereocenters. The molecule has 2 amide bonds. The smallest absolute Gasteiger partial charge is 0.243 e. The number of nitrogens with zero attached hydrogens (tertiary/aromatic N) is 1. The zero-order chi connectivity index (χ0) is 36.6. The van der Waals surface area contributed by atoms with Crippen LogP contribution in [0.3, 0.4) is 0 Å². The molecule has 1 aliphatic heterocycles. The van der Waals surface area contributed by atoms with E-state index in [1.165, 1.54) is 16.4 Å². The molecular weight excluding hydrogens is 666 g/mol. The van der Waals surface area contributed by atoms with Crippen LogP contribution in [-0.2, 0) is 39.0 Å². The third-order valence-electron chi connectivity index (χ3n) is 8.43. The fraction of sp³-hybridized carbons (Fsp3) is 0.459. The van der Waals surface area contributed by atoms with E-state index in [1.807, 2.05) is 44.2 Å². The van der Waals surface area contributed by atoms with E-state index >= 15 is 0 Å². The molecule has 4 rings (SSSR count). The van der Waals surface area contributed by atoms with Crippen LogP contribution in [0.25, 0.3) is 0 Å². The Labute approximate surface area is 293 Å². The Hall–Kier alpha value is -3.91. The molecule has 0 bridgehead atoms. The molecule has 3 aromatic rings. The maximum Gasteiger partial charge on any atom is 0.243 e. The van der Waals surface area contributed by atoms with Gasteiger partial charge in [-0.3, -0.25) is 9.59 Å². The summed E-state index contributed by atoms with van der Waals surface area (Å²) in [6.45, 7) is 8.81. The van der Waals surface area contributed by atoms with E-state index in [0.717, 1.165) is 23.3 Å². The third kappa shape index (κ3) is 10.3. The van der Waals surface area contributed by atoms with Crippen LogP contribution < -0.4 is 20.7 Å². The largest absolute Gasteiger partial charge is 0.493 e. The van der Waals surface area contributed by atoms with Gasteiger partial charge >= 0.3 is 0 Å². The highest BCUT2D eigenvalue weighted by Gasteiger charge is 2.37. The van der Waals surface area contributed by atoms with Gasteiger partial charge in [0.05, 0.1) is 30.2 Å². The molecule has 50 heavy (non-hydrogen) atoms. The molecule has 0 saturated carbocycles. The molecule has 1 unspecified atom stereocenters. The summed E-state index contributed by atoms with van der Waals surface area (Å²) in [7, 11) is -4.04. The van der Waals surface area contributed by atoms with Crippen LogP contribution in [-0.4, -0.2) is 74.1 Å². The Bertz CT molecular complexity index is 1710. The number of aliphatic hydroxyl groups excluding tert-OH is 1. The highest BCUT2D eigenvalue weighted by Crippen LogP contribution is 2.29. The Morgan fingerprint density at radius 2 is 1.64 bits per heavy atom. The van der Waals surface area contributed by atoms with Crippen molar-refractivity contribution in [3.8, 4) is 5.75 Å². The predicted octanol–water partition coefficient (Wildman–Crippen LogP) is 3.96. The van der Waals surface area contributed by atoms with Gasteiger partial charge in [-0.25, -0.2) is 17.2 Å². The summed E-state index contributed by atoms with van der Waals surface area (Å²) in [5, 5.41) is 20.0. The van der Waals surface area contributed by atoms with Crippen LogP contribution >= 0.6 is 0 Å². The van der Waals surface area contributed by atoms with E-state index < -0.39 is 57.1 Å². The summed E-state index contributed by atoms with van der Waals surface area (Å²) < 4.78 is 62.8. The minimum atomic E-state index is -4.04. The second kappa shape index (κ2) is 16.9. The van der Waals surface area contributed by atoms with Crippen molar-refractivity contribution in [2.24, 2.45) is 11.3 Å². The minimum Gasteiger partial charge on any atom is -0.493 e. The number of nitrogens with one attached hydrogen (secondary N) is 3. The molecule has 0 spiro atoms. The number of amides is 2. The Balaban J connectivity index is 1.52. The number of hydrogen-bond acceptors (Lipinski definition) is 7. The maximum absolute atomic E-state index is 14.0. The normalized spacial score (nSPS) is 14.9. The van der Waals surface area contributed by atoms with Crippen LogP contribution in [0.1, 0.15) is 51.3 Å². The predicted molar refractivity (Wildman–Crippen MR) is 187 cm³/mol. The summed E-state index contributed by atoms with van der Waals surface area (Å²) in [6, 6.07) is 15.4. The van der Waals surface area contributed by atoms with E-state index in [-0.39, 0.29) is 49.0 Å². The van der Waals surface area contributed by atoms with E-state index in [2.05, 4.69) is 16.0 Å². The number of halogens is 2. The topological polar surface area (TPSA) is 137 Å². The number of hydrogen-bond donors (Lipinski definition) is 4. The molecule has 1 heterocycles. The first-order valence-electron chi connectivity index (χ1n) is 16.8. The number of benzene rings is 3. The Morgan fingerprint density at radius 3 is 2.28 bits per heavy atom. The highest BCUT2D eigenvalue weighted by molar-refractivity contribution is 7.89. The fourth-order valence-corrected chi connectivity index (χ4v) is 7.47. The zero-order valence-electron chi connectivity index (χ0n) is 29.2. The van der Waals surface area contributed by atoms with Gasteiger partial charge in [0, 0.05) is 31.6 Å².